The fraction of sp³-hybridized carbons (Fsp3) is 0.292. The number of carbonyl (C=O) groups is 1. The Morgan fingerprint density at radius 2 is 1.79 bits per heavy atom. The number of furan rings is 1. The van der Waals surface area contributed by atoms with Crippen LogP contribution in [0.3, 0.4) is 0 Å². The van der Waals surface area contributed by atoms with E-state index in [1.807, 2.05) is 55.4 Å². The molecule has 1 heterocycles. The van der Waals surface area contributed by atoms with Gasteiger partial charge in [-0.1, -0.05) is 42.0 Å². The molecule has 0 radical (unpaired) electrons. The van der Waals surface area contributed by atoms with E-state index in [4.69, 9.17) is 4.42 Å². The lowest BCUT2D eigenvalue weighted by atomic mass is 10.1. The largest absolute Gasteiger partial charge is 0.460 e. The highest BCUT2D eigenvalue weighted by Crippen LogP contribution is 2.22. The third-order valence-electron chi connectivity index (χ3n) is 4.66. The van der Waals surface area contributed by atoms with Crippen LogP contribution in [0.1, 0.15) is 27.2 Å². The van der Waals surface area contributed by atoms with Crippen molar-refractivity contribution >= 4 is 5.91 Å². The SMILES string of the molecule is Cc1ccc(-c2ccc(CNCc3cccc(C(=O)NCCN(C)C)c3)o2)cc1. The van der Waals surface area contributed by atoms with Crippen LogP contribution in [0, 0.1) is 6.92 Å². The molecule has 3 aromatic rings. The second-order valence-electron chi connectivity index (χ2n) is 7.50. The molecule has 2 aromatic carbocycles. The first-order valence-corrected chi connectivity index (χ1v) is 9.89. The van der Waals surface area contributed by atoms with Gasteiger partial charge >= 0.3 is 0 Å². The Labute approximate surface area is 172 Å². The Balaban J connectivity index is 1.50. The number of benzene rings is 2. The highest BCUT2D eigenvalue weighted by atomic mass is 16.3. The van der Waals surface area contributed by atoms with Crippen LogP contribution in [-0.4, -0.2) is 38.0 Å². The summed E-state index contributed by atoms with van der Waals surface area (Å²) in [5.41, 5.74) is 4.06. The van der Waals surface area contributed by atoms with Gasteiger partial charge in [0.15, 0.2) is 0 Å². The smallest absolute Gasteiger partial charge is 0.251 e. The van der Waals surface area contributed by atoms with E-state index in [0.717, 1.165) is 29.2 Å². The van der Waals surface area contributed by atoms with Gasteiger partial charge in [0.2, 0.25) is 0 Å². The van der Waals surface area contributed by atoms with Crippen LogP contribution >= 0.6 is 0 Å². The van der Waals surface area contributed by atoms with E-state index in [1.165, 1.54) is 5.56 Å². The van der Waals surface area contributed by atoms with E-state index in [-0.39, 0.29) is 5.91 Å². The van der Waals surface area contributed by atoms with Crippen molar-refractivity contribution in [1.29, 1.82) is 0 Å². The zero-order valence-electron chi connectivity index (χ0n) is 17.4. The molecule has 1 amide bonds. The number of nitrogens with zero attached hydrogens (tertiary/aromatic N) is 1. The summed E-state index contributed by atoms with van der Waals surface area (Å²) in [5.74, 6) is 1.72. The second kappa shape index (κ2) is 10.0. The lowest BCUT2D eigenvalue weighted by molar-refractivity contribution is 0.0951. The third kappa shape index (κ3) is 6.31. The maximum absolute atomic E-state index is 12.3. The Morgan fingerprint density at radius 1 is 1.00 bits per heavy atom. The van der Waals surface area contributed by atoms with E-state index in [1.54, 1.807) is 0 Å². The molecule has 5 nitrogen and oxygen atoms in total. The number of hydrogen-bond acceptors (Lipinski definition) is 4. The third-order valence-corrected chi connectivity index (χ3v) is 4.66. The standard InChI is InChI=1S/C24H29N3O2/c1-18-7-9-20(10-8-18)23-12-11-22(29-23)17-25-16-19-5-4-6-21(15-19)24(28)26-13-14-27(2)3/h4-12,15,25H,13-14,16-17H2,1-3H3,(H,26,28). The Kier molecular flexibility index (Phi) is 7.22. The summed E-state index contributed by atoms with van der Waals surface area (Å²) in [7, 11) is 3.97. The number of amides is 1. The first kappa shape index (κ1) is 20.8. The van der Waals surface area contributed by atoms with Gasteiger partial charge < -0.3 is 20.0 Å². The highest BCUT2D eigenvalue weighted by Gasteiger charge is 2.07. The molecule has 5 heteroatoms. The number of likely N-dealkylation sites (N-methyl/N-ethyl adjacent to an activating group) is 1. The van der Waals surface area contributed by atoms with Crippen molar-refractivity contribution in [1.82, 2.24) is 15.5 Å². The van der Waals surface area contributed by atoms with Crippen molar-refractivity contribution in [3.63, 3.8) is 0 Å². The molecule has 2 N–H and O–H groups in total. The van der Waals surface area contributed by atoms with Crippen LogP contribution in [0.5, 0.6) is 0 Å². The van der Waals surface area contributed by atoms with Crippen LogP contribution in [0.4, 0.5) is 0 Å². The van der Waals surface area contributed by atoms with Crippen molar-refractivity contribution in [2.24, 2.45) is 0 Å². The van der Waals surface area contributed by atoms with Gasteiger partial charge in [0, 0.05) is 30.8 Å². The maximum atomic E-state index is 12.3. The summed E-state index contributed by atoms with van der Waals surface area (Å²) >= 11 is 0. The normalized spacial score (nSPS) is 11.0. The molecule has 0 atom stereocenters. The van der Waals surface area contributed by atoms with Crippen molar-refractivity contribution in [3.05, 3.63) is 83.1 Å². The minimum absolute atomic E-state index is 0.0394. The molecular formula is C24H29N3O2. The minimum atomic E-state index is -0.0394. The summed E-state index contributed by atoms with van der Waals surface area (Å²) in [6.07, 6.45) is 0. The summed E-state index contributed by atoms with van der Waals surface area (Å²) in [6.45, 7) is 4.82. The first-order valence-electron chi connectivity index (χ1n) is 9.89. The molecule has 3 rings (SSSR count). The molecule has 0 bridgehead atoms. The summed E-state index contributed by atoms with van der Waals surface area (Å²) in [5, 5.41) is 6.33. The molecule has 0 saturated carbocycles. The average Bonchev–Trinajstić information content (AvgIpc) is 3.17. The van der Waals surface area contributed by atoms with Gasteiger partial charge in [0.05, 0.1) is 6.54 Å². The lowest BCUT2D eigenvalue weighted by Crippen LogP contribution is -2.31. The molecule has 29 heavy (non-hydrogen) atoms. The van der Waals surface area contributed by atoms with E-state index in [9.17, 15) is 4.79 Å². The fourth-order valence-electron chi connectivity index (χ4n) is 2.99. The topological polar surface area (TPSA) is 57.5 Å². The van der Waals surface area contributed by atoms with Gasteiger partial charge in [-0.15, -0.1) is 0 Å². The molecule has 0 fully saturated rings. The first-order chi connectivity index (χ1) is 14.0. The molecule has 0 aliphatic rings. The zero-order chi connectivity index (χ0) is 20.6. The fourth-order valence-corrected chi connectivity index (χ4v) is 2.99. The van der Waals surface area contributed by atoms with E-state index in [0.29, 0.717) is 25.2 Å². The Hall–Kier alpha value is -2.89. The van der Waals surface area contributed by atoms with E-state index >= 15 is 0 Å². The van der Waals surface area contributed by atoms with Crippen molar-refractivity contribution < 1.29 is 9.21 Å². The van der Waals surface area contributed by atoms with Crippen molar-refractivity contribution in [2.75, 3.05) is 27.2 Å². The van der Waals surface area contributed by atoms with Crippen molar-refractivity contribution in [3.8, 4) is 11.3 Å². The predicted octanol–water partition coefficient (Wildman–Crippen LogP) is 3.84. The van der Waals surface area contributed by atoms with Gasteiger partial charge in [0.1, 0.15) is 11.5 Å². The molecule has 0 spiro atoms. The van der Waals surface area contributed by atoms with Gasteiger partial charge in [-0.2, -0.15) is 0 Å². The molecular weight excluding hydrogens is 362 g/mol. The summed E-state index contributed by atoms with van der Waals surface area (Å²) in [6, 6.07) is 20.0. The monoisotopic (exact) mass is 391 g/mol. The van der Waals surface area contributed by atoms with Gasteiger partial charge in [0.25, 0.3) is 5.91 Å². The number of rotatable bonds is 9. The lowest BCUT2D eigenvalue weighted by Gasteiger charge is -2.11. The number of carbonyl (C=O) groups excluding carboxylic acids is 1. The van der Waals surface area contributed by atoms with Gasteiger partial charge in [-0.3, -0.25) is 4.79 Å². The van der Waals surface area contributed by atoms with Gasteiger partial charge in [-0.25, -0.2) is 0 Å². The summed E-state index contributed by atoms with van der Waals surface area (Å²) < 4.78 is 5.94. The molecule has 0 unspecified atom stereocenters. The van der Waals surface area contributed by atoms with Crippen molar-refractivity contribution in [2.45, 2.75) is 20.0 Å². The van der Waals surface area contributed by atoms with E-state index in [2.05, 4.69) is 41.8 Å². The Bertz CT molecular complexity index is 929. The zero-order valence-corrected chi connectivity index (χ0v) is 17.4. The minimum Gasteiger partial charge on any atom is -0.460 e. The highest BCUT2D eigenvalue weighted by molar-refractivity contribution is 5.94. The van der Waals surface area contributed by atoms with Crippen LogP contribution < -0.4 is 10.6 Å². The predicted molar refractivity (Wildman–Crippen MR) is 117 cm³/mol. The maximum Gasteiger partial charge on any atom is 0.251 e. The quantitative estimate of drug-likeness (QED) is 0.582. The van der Waals surface area contributed by atoms with E-state index < -0.39 is 0 Å². The Morgan fingerprint density at radius 3 is 2.55 bits per heavy atom. The van der Waals surface area contributed by atoms with Crippen LogP contribution in [0.25, 0.3) is 11.3 Å². The molecule has 0 saturated heterocycles. The number of nitrogens with one attached hydrogen (secondary N) is 2. The number of hydrogen-bond donors (Lipinski definition) is 2. The molecule has 1 aromatic heterocycles. The molecule has 152 valence electrons. The second-order valence-corrected chi connectivity index (χ2v) is 7.50. The average molecular weight is 392 g/mol. The number of aryl methyl sites for hydroxylation is 1. The summed E-state index contributed by atoms with van der Waals surface area (Å²) in [4.78, 5) is 14.3. The van der Waals surface area contributed by atoms with Crippen LogP contribution in [-0.2, 0) is 13.1 Å². The van der Waals surface area contributed by atoms with Crippen LogP contribution in [0.2, 0.25) is 0 Å². The van der Waals surface area contributed by atoms with Gasteiger partial charge in [-0.05, 0) is 50.8 Å². The molecule has 0 aliphatic heterocycles. The van der Waals surface area contributed by atoms with Crippen LogP contribution in [0.15, 0.2) is 65.1 Å². The molecule has 0 aliphatic carbocycles.